The molecule has 1 aliphatic carbocycles. The van der Waals surface area contributed by atoms with Gasteiger partial charge in [0.1, 0.15) is 5.69 Å². The first-order chi connectivity index (χ1) is 21.5. The van der Waals surface area contributed by atoms with Crippen LogP contribution in [-0.4, -0.2) is 69.7 Å². The minimum absolute atomic E-state index is 0.0486. The summed E-state index contributed by atoms with van der Waals surface area (Å²) in [6.45, 7) is 5.29. The number of amides is 1. The molecule has 0 radical (unpaired) electrons. The van der Waals surface area contributed by atoms with Crippen LogP contribution in [0.5, 0.6) is 0 Å². The molecule has 0 unspecified atom stereocenters. The Bertz CT molecular complexity index is 1750. The molecule has 4 aromatic rings. The summed E-state index contributed by atoms with van der Waals surface area (Å²) in [5.74, 6) is 1.18. The Morgan fingerprint density at radius 1 is 1.00 bits per heavy atom. The quantitative estimate of drug-likeness (QED) is 0.303. The number of aromatic nitrogens is 3. The first-order valence-corrected chi connectivity index (χ1v) is 15.5. The van der Waals surface area contributed by atoms with E-state index in [-0.39, 0.29) is 18.1 Å². The molecule has 0 atom stereocenters. The van der Waals surface area contributed by atoms with Crippen molar-refractivity contribution in [2.24, 2.45) is 7.05 Å². The Kier molecular flexibility index (Phi) is 7.80. The smallest absolute Gasteiger partial charge is 0.274 e. The molecule has 2 aromatic carbocycles. The van der Waals surface area contributed by atoms with Gasteiger partial charge in [0.05, 0.1) is 32.1 Å². The van der Waals surface area contributed by atoms with Crippen LogP contribution in [-0.2, 0) is 31.4 Å². The number of hydrogen-bond acceptors (Lipinski definition) is 7. The van der Waals surface area contributed by atoms with Gasteiger partial charge in [-0.15, -0.1) is 0 Å². The number of aliphatic hydroxyl groups excluding tert-OH is 1. The van der Waals surface area contributed by atoms with Gasteiger partial charge in [-0.25, -0.2) is 0 Å². The topological polar surface area (TPSA) is 105 Å². The molecule has 2 aliphatic heterocycles. The first-order valence-electron chi connectivity index (χ1n) is 15.5. The molecule has 4 heterocycles. The van der Waals surface area contributed by atoms with E-state index in [1.165, 1.54) is 23.0 Å². The molecule has 2 N–H and O–H groups in total. The maximum Gasteiger partial charge on any atom is 0.274 e. The molecule has 3 aliphatic rings. The van der Waals surface area contributed by atoms with E-state index in [0.717, 1.165) is 68.1 Å². The SMILES string of the molecule is Cn1cc(-c2cccc(N3CCc4cc(C5CC5)ccc4C3=O)c2CO)cc(Nc2ccn(CCN3CCOCC3)n2)c1=O. The number of nitrogens with zero attached hydrogens (tertiary/aromatic N) is 5. The van der Waals surface area contributed by atoms with Crippen molar-refractivity contribution in [1.29, 1.82) is 0 Å². The number of fused-ring (bicyclic) bond motifs is 1. The summed E-state index contributed by atoms with van der Waals surface area (Å²) < 4.78 is 8.83. The molecular formula is C34H38N6O4. The van der Waals surface area contributed by atoms with Crippen molar-refractivity contribution in [2.75, 3.05) is 49.6 Å². The molecule has 2 fully saturated rings. The highest BCUT2D eigenvalue weighted by Crippen LogP contribution is 2.41. The van der Waals surface area contributed by atoms with E-state index in [1.807, 2.05) is 41.2 Å². The van der Waals surface area contributed by atoms with Crippen LogP contribution in [0.15, 0.2) is 65.7 Å². The lowest BCUT2D eigenvalue weighted by Gasteiger charge is -2.31. The predicted molar refractivity (Wildman–Crippen MR) is 170 cm³/mol. The van der Waals surface area contributed by atoms with Crippen molar-refractivity contribution < 1.29 is 14.6 Å². The van der Waals surface area contributed by atoms with Crippen molar-refractivity contribution in [3.05, 3.63) is 93.5 Å². The second-order valence-corrected chi connectivity index (χ2v) is 12.0. The number of aryl methyl sites for hydroxylation is 1. The third kappa shape index (κ3) is 5.68. The molecular weight excluding hydrogens is 556 g/mol. The van der Waals surface area contributed by atoms with Crippen LogP contribution >= 0.6 is 0 Å². The predicted octanol–water partition coefficient (Wildman–Crippen LogP) is 3.90. The van der Waals surface area contributed by atoms with E-state index in [1.54, 1.807) is 24.2 Å². The number of nitrogens with one attached hydrogen (secondary N) is 1. The lowest BCUT2D eigenvalue weighted by Crippen LogP contribution is -2.38. The lowest BCUT2D eigenvalue weighted by atomic mass is 9.93. The van der Waals surface area contributed by atoms with Crippen LogP contribution in [0.4, 0.5) is 17.2 Å². The van der Waals surface area contributed by atoms with Gasteiger partial charge in [-0.05, 0) is 60.1 Å². The molecule has 1 amide bonds. The van der Waals surface area contributed by atoms with Crippen LogP contribution in [0, 0.1) is 0 Å². The number of aliphatic hydroxyl groups is 1. The monoisotopic (exact) mass is 594 g/mol. The zero-order chi connectivity index (χ0) is 30.2. The van der Waals surface area contributed by atoms with Crippen LogP contribution < -0.4 is 15.8 Å². The molecule has 7 rings (SSSR count). The van der Waals surface area contributed by atoms with Gasteiger partial charge in [0.2, 0.25) is 0 Å². The van der Waals surface area contributed by atoms with E-state index in [9.17, 15) is 14.7 Å². The maximum absolute atomic E-state index is 13.7. The summed E-state index contributed by atoms with van der Waals surface area (Å²) in [7, 11) is 1.71. The number of pyridine rings is 1. The van der Waals surface area contributed by atoms with Gasteiger partial charge in [0.25, 0.3) is 11.5 Å². The Labute approximate surface area is 256 Å². The third-order valence-corrected chi connectivity index (χ3v) is 9.01. The Hall–Kier alpha value is -4.25. The van der Waals surface area contributed by atoms with E-state index in [2.05, 4.69) is 27.4 Å². The number of carbonyl (C=O) groups excluding carboxylic acids is 1. The highest BCUT2D eigenvalue weighted by atomic mass is 16.5. The van der Waals surface area contributed by atoms with Crippen molar-refractivity contribution in [3.8, 4) is 11.1 Å². The van der Waals surface area contributed by atoms with E-state index in [4.69, 9.17) is 4.74 Å². The van der Waals surface area contributed by atoms with Crippen molar-refractivity contribution >= 4 is 23.1 Å². The van der Waals surface area contributed by atoms with Gasteiger partial charge >= 0.3 is 0 Å². The van der Waals surface area contributed by atoms with Crippen molar-refractivity contribution in [3.63, 3.8) is 0 Å². The summed E-state index contributed by atoms with van der Waals surface area (Å²) in [6, 6.07) is 15.6. The number of anilines is 3. The molecule has 10 heteroatoms. The summed E-state index contributed by atoms with van der Waals surface area (Å²) >= 11 is 0. The standard InChI is InChI=1S/C34H38N6O4/c1-37-21-26(20-30(34(37)43)35-32-10-11-39(36-32)14-13-38-15-17-44-18-16-38)27-3-2-4-31(29(27)22-41)40-12-9-25-19-24(23-5-6-23)7-8-28(25)33(40)42/h2-4,7-8,10-11,19-21,23,41H,5-6,9,12-18,22H2,1H3,(H,35,36). The van der Waals surface area contributed by atoms with Crippen LogP contribution in [0.1, 0.15) is 45.8 Å². The fourth-order valence-corrected chi connectivity index (χ4v) is 6.38. The molecule has 0 spiro atoms. The third-order valence-electron chi connectivity index (χ3n) is 9.01. The minimum Gasteiger partial charge on any atom is -0.392 e. The number of benzene rings is 2. The van der Waals surface area contributed by atoms with Crippen LogP contribution in [0.3, 0.4) is 0 Å². The number of rotatable bonds is 9. The molecule has 1 saturated heterocycles. The summed E-state index contributed by atoms with van der Waals surface area (Å²) in [4.78, 5) is 31.0. The highest BCUT2D eigenvalue weighted by molar-refractivity contribution is 6.09. The average molecular weight is 595 g/mol. The Balaban J connectivity index is 1.14. The van der Waals surface area contributed by atoms with Crippen LogP contribution in [0.25, 0.3) is 11.1 Å². The highest BCUT2D eigenvalue weighted by Gasteiger charge is 2.30. The van der Waals surface area contributed by atoms with Gasteiger partial charge in [0.15, 0.2) is 5.82 Å². The number of ether oxygens (including phenoxy) is 1. The molecule has 1 saturated carbocycles. The zero-order valence-electron chi connectivity index (χ0n) is 25.0. The second-order valence-electron chi connectivity index (χ2n) is 12.0. The lowest BCUT2D eigenvalue weighted by molar-refractivity contribution is 0.0360. The first kappa shape index (κ1) is 28.5. The van der Waals surface area contributed by atoms with Gasteiger partial charge in [-0.3, -0.25) is 19.2 Å². The second kappa shape index (κ2) is 12.0. The zero-order valence-corrected chi connectivity index (χ0v) is 25.0. The summed E-state index contributed by atoms with van der Waals surface area (Å²) in [5, 5.41) is 18.4. The largest absolute Gasteiger partial charge is 0.392 e. The van der Waals surface area contributed by atoms with E-state index in [0.29, 0.717) is 35.2 Å². The fourth-order valence-electron chi connectivity index (χ4n) is 6.38. The van der Waals surface area contributed by atoms with E-state index >= 15 is 0 Å². The molecule has 0 bridgehead atoms. The molecule has 228 valence electrons. The molecule has 10 nitrogen and oxygen atoms in total. The minimum atomic E-state index is -0.248. The van der Waals surface area contributed by atoms with Gasteiger partial charge in [0, 0.05) is 68.4 Å². The van der Waals surface area contributed by atoms with Gasteiger partial charge < -0.3 is 24.6 Å². The number of hydrogen-bond donors (Lipinski definition) is 2. The van der Waals surface area contributed by atoms with Gasteiger partial charge in [-0.2, -0.15) is 5.10 Å². The number of carbonyl (C=O) groups is 1. The van der Waals surface area contributed by atoms with E-state index < -0.39 is 0 Å². The average Bonchev–Trinajstić information content (AvgIpc) is 3.81. The fraction of sp³-hybridized carbons (Fsp3) is 0.382. The Morgan fingerprint density at radius 2 is 1.84 bits per heavy atom. The van der Waals surface area contributed by atoms with Crippen molar-refractivity contribution in [2.45, 2.75) is 38.3 Å². The molecule has 2 aromatic heterocycles. The maximum atomic E-state index is 13.7. The molecule has 44 heavy (non-hydrogen) atoms. The number of morpholine rings is 1. The van der Waals surface area contributed by atoms with Gasteiger partial charge in [-0.1, -0.05) is 24.3 Å². The summed E-state index contributed by atoms with van der Waals surface area (Å²) in [5.41, 5.74) is 6.22. The normalized spacial score (nSPS) is 17.1. The Morgan fingerprint density at radius 3 is 2.64 bits per heavy atom. The summed E-state index contributed by atoms with van der Waals surface area (Å²) in [6.07, 6.45) is 6.90. The van der Waals surface area contributed by atoms with Crippen molar-refractivity contribution in [1.82, 2.24) is 19.2 Å². The van der Waals surface area contributed by atoms with Crippen LogP contribution in [0.2, 0.25) is 0 Å².